The van der Waals surface area contributed by atoms with Crippen molar-refractivity contribution in [1.29, 1.82) is 0 Å². The van der Waals surface area contributed by atoms with Crippen LogP contribution in [0, 0.1) is 0 Å². The summed E-state index contributed by atoms with van der Waals surface area (Å²) in [4.78, 5) is 14.3. The van der Waals surface area contributed by atoms with Crippen molar-refractivity contribution < 1.29 is 9.90 Å². The van der Waals surface area contributed by atoms with E-state index in [2.05, 4.69) is 10.4 Å². The predicted molar refractivity (Wildman–Crippen MR) is 83.7 cm³/mol. The second-order valence-electron chi connectivity index (χ2n) is 5.46. The van der Waals surface area contributed by atoms with Crippen LogP contribution in [0.2, 0.25) is 0 Å². The first kappa shape index (κ1) is 14.4. The molecule has 116 valence electrons. The number of aryl methyl sites for hydroxylation is 1. The van der Waals surface area contributed by atoms with Crippen LogP contribution in [0.25, 0.3) is 0 Å². The van der Waals surface area contributed by atoms with Gasteiger partial charge >= 0.3 is 6.03 Å². The van der Waals surface area contributed by atoms with Gasteiger partial charge in [-0.05, 0) is 37.5 Å². The van der Waals surface area contributed by atoms with Crippen molar-refractivity contribution in [3.8, 4) is 5.75 Å². The number of benzene rings is 1. The highest BCUT2D eigenvalue weighted by atomic mass is 16.3. The molecule has 0 saturated carbocycles. The van der Waals surface area contributed by atoms with Crippen molar-refractivity contribution in [2.75, 3.05) is 11.9 Å². The second kappa shape index (κ2) is 6.09. The van der Waals surface area contributed by atoms with Gasteiger partial charge in [0.25, 0.3) is 0 Å². The Hall–Kier alpha value is -2.50. The zero-order valence-corrected chi connectivity index (χ0v) is 12.6. The van der Waals surface area contributed by atoms with E-state index < -0.39 is 0 Å². The van der Waals surface area contributed by atoms with Gasteiger partial charge in [-0.25, -0.2) is 4.79 Å². The Morgan fingerprint density at radius 1 is 1.41 bits per heavy atom. The maximum absolute atomic E-state index is 12.5. The summed E-state index contributed by atoms with van der Waals surface area (Å²) in [5.74, 6) is 0.240. The molecule has 1 aromatic heterocycles. The van der Waals surface area contributed by atoms with E-state index >= 15 is 0 Å². The number of phenolic OH excluding ortho intramolecular Hbond substituents is 1. The molecule has 1 atom stereocenters. The van der Waals surface area contributed by atoms with Gasteiger partial charge in [0.15, 0.2) is 0 Å². The van der Waals surface area contributed by atoms with Crippen molar-refractivity contribution in [1.82, 2.24) is 14.7 Å². The number of phenols is 1. The fraction of sp³-hybridized carbons (Fsp3) is 0.375. The zero-order chi connectivity index (χ0) is 15.5. The highest BCUT2D eigenvalue weighted by Crippen LogP contribution is 2.33. The molecule has 1 aromatic carbocycles. The third kappa shape index (κ3) is 2.90. The SMILES string of the molecule is CCn1cc(NC(=O)N2CCCC2c2ccc(O)cc2)cn1. The number of anilines is 1. The first-order valence-electron chi connectivity index (χ1n) is 7.56. The van der Waals surface area contributed by atoms with E-state index in [1.54, 1.807) is 23.0 Å². The van der Waals surface area contributed by atoms with E-state index in [0.717, 1.165) is 31.5 Å². The smallest absolute Gasteiger partial charge is 0.322 e. The van der Waals surface area contributed by atoms with Crippen LogP contribution in [0.5, 0.6) is 5.75 Å². The van der Waals surface area contributed by atoms with Crippen molar-refractivity contribution in [2.24, 2.45) is 0 Å². The Morgan fingerprint density at radius 2 is 2.18 bits per heavy atom. The molecule has 0 bridgehead atoms. The van der Waals surface area contributed by atoms with E-state index in [0.29, 0.717) is 5.69 Å². The summed E-state index contributed by atoms with van der Waals surface area (Å²) in [6.45, 7) is 3.51. The van der Waals surface area contributed by atoms with Crippen LogP contribution in [0.15, 0.2) is 36.7 Å². The van der Waals surface area contributed by atoms with Crippen LogP contribution >= 0.6 is 0 Å². The van der Waals surface area contributed by atoms with Crippen LogP contribution in [0.1, 0.15) is 31.4 Å². The number of rotatable bonds is 3. The van der Waals surface area contributed by atoms with Gasteiger partial charge in [0.05, 0.1) is 17.9 Å². The minimum absolute atomic E-state index is 0.0572. The highest BCUT2D eigenvalue weighted by molar-refractivity contribution is 5.89. The predicted octanol–water partition coefficient (Wildman–Crippen LogP) is 2.98. The van der Waals surface area contributed by atoms with Gasteiger partial charge in [0.1, 0.15) is 5.75 Å². The number of carbonyl (C=O) groups excluding carboxylic acids is 1. The Kier molecular flexibility index (Phi) is 4.00. The third-order valence-corrected chi connectivity index (χ3v) is 4.00. The van der Waals surface area contributed by atoms with E-state index in [1.807, 2.05) is 30.2 Å². The quantitative estimate of drug-likeness (QED) is 0.915. The van der Waals surface area contributed by atoms with Gasteiger partial charge in [-0.2, -0.15) is 5.10 Å². The van der Waals surface area contributed by atoms with Crippen LogP contribution in [-0.2, 0) is 6.54 Å². The van der Waals surface area contributed by atoms with E-state index in [1.165, 1.54) is 0 Å². The van der Waals surface area contributed by atoms with Crippen molar-refractivity contribution in [2.45, 2.75) is 32.4 Å². The molecule has 1 aliphatic rings. The summed E-state index contributed by atoms with van der Waals surface area (Å²) in [7, 11) is 0. The number of likely N-dealkylation sites (tertiary alicyclic amines) is 1. The lowest BCUT2D eigenvalue weighted by Gasteiger charge is -2.25. The molecule has 22 heavy (non-hydrogen) atoms. The topological polar surface area (TPSA) is 70.4 Å². The Bertz CT molecular complexity index is 650. The van der Waals surface area contributed by atoms with Crippen LogP contribution in [-0.4, -0.2) is 32.4 Å². The number of hydrogen-bond donors (Lipinski definition) is 2. The van der Waals surface area contributed by atoms with Gasteiger partial charge in [-0.15, -0.1) is 0 Å². The normalized spacial score (nSPS) is 17.7. The van der Waals surface area contributed by atoms with E-state index in [-0.39, 0.29) is 17.8 Å². The molecule has 2 aromatic rings. The molecule has 0 aliphatic carbocycles. The Balaban J connectivity index is 1.72. The van der Waals surface area contributed by atoms with Crippen LogP contribution in [0.3, 0.4) is 0 Å². The molecular formula is C16H20N4O2. The first-order chi connectivity index (χ1) is 10.7. The molecule has 2 heterocycles. The average molecular weight is 300 g/mol. The van der Waals surface area contributed by atoms with Crippen molar-refractivity contribution in [3.63, 3.8) is 0 Å². The van der Waals surface area contributed by atoms with E-state index in [4.69, 9.17) is 0 Å². The third-order valence-electron chi connectivity index (χ3n) is 4.00. The zero-order valence-electron chi connectivity index (χ0n) is 12.6. The summed E-state index contributed by atoms with van der Waals surface area (Å²) in [6, 6.07) is 7.03. The summed E-state index contributed by atoms with van der Waals surface area (Å²) in [5.41, 5.74) is 1.76. The maximum Gasteiger partial charge on any atom is 0.322 e. The highest BCUT2D eigenvalue weighted by Gasteiger charge is 2.30. The van der Waals surface area contributed by atoms with Gasteiger partial charge < -0.3 is 15.3 Å². The second-order valence-corrected chi connectivity index (χ2v) is 5.46. The fourth-order valence-electron chi connectivity index (χ4n) is 2.85. The van der Waals surface area contributed by atoms with Crippen LogP contribution in [0.4, 0.5) is 10.5 Å². The lowest BCUT2D eigenvalue weighted by Crippen LogP contribution is -2.34. The minimum Gasteiger partial charge on any atom is -0.508 e. The van der Waals surface area contributed by atoms with Gasteiger partial charge in [-0.1, -0.05) is 12.1 Å². The molecule has 0 spiro atoms. The standard InChI is InChI=1S/C16H20N4O2/c1-2-19-11-13(10-17-19)18-16(22)20-9-3-4-15(20)12-5-7-14(21)8-6-12/h5-8,10-11,15,21H,2-4,9H2,1H3,(H,18,22). The monoisotopic (exact) mass is 300 g/mol. The number of urea groups is 1. The number of nitrogens with zero attached hydrogens (tertiary/aromatic N) is 3. The average Bonchev–Trinajstić information content (AvgIpc) is 3.16. The van der Waals surface area contributed by atoms with Gasteiger partial charge in [0.2, 0.25) is 0 Å². The molecule has 2 amide bonds. The first-order valence-corrected chi connectivity index (χ1v) is 7.56. The Morgan fingerprint density at radius 3 is 2.86 bits per heavy atom. The molecule has 1 fully saturated rings. The maximum atomic E-state index is 12.5. The number of carbonyl (C=O) groups is 1. The summed E-state index contributed by atoms with van der Waals surface area (Å²) in [6.07, 6.45) is 5.40. The molecular weight excluding hydrogens is 280 g/mol. The molecule has 3 rings (SSSR count). The van der Waals surface area contributed by atoms with Gasteiger partial charge in [0, 0.05) is 19.3 Å². The summed E-state index contributed by atoms with van der Waals surface area (Å²) >= 11 is 0. The van der Waals surface area contributed by atoms with Crippen molar-refractivity contribution in [3.05, 3.63) is 42.2 Å². The van der Waals surface area contributed by atoms with Crippen LogP contribution < -0.4 is 5.32 Å². The molecule has 2 N–H and O–H groups in total. The summed E-state index contributed by atoms with van der Waals surface area (Å²) < 4.78 is 1.77. The number of nitrogens with one attached hydrogen (secondary N) is 1. The van der Waals surface area contributed by atoms with Crippen molar-refractivity contribution >= 4 is 11.7 Å². The summed E-state index contributed by atoms with van der Waals surface area (Å²) in [5, 5.41) is 16.5. The fourth-order valence-corrected chi connectivity index (χ4v) is 2.85. The molecule has 0 radical (unpaired) electrons. The molecule has 6 heteroatoms. The number of aromatic hydroxyl groups is 1. The minimum atomic E-state index is -0.105. The van der Waals surface area contributed by atoms with Gasteiger partial charge in [-0.3, -0.25) is 4.68 Å². The Labute approximate surface area is 129 Å². The molecule has 1 saturated heterocycles. The molecule has 6 nitrogen and oxygen atoms in total. The number of amides is 2. The number of aromatic nitrogens is 2. The lowest BCUT2D eigenvalue weighted by molar-refractivity contribution is 0.207. The largest absolute Gasteiger partial charge is 0.508 e. The number of hydrogen-bond acceptors (Lipinski definition) is 3. The lowest BCUT2D eigenvalue weighted by atomic mass is 10.0. The molecule has 1 aliphatic heterocycles. The molecule has 1 unspecified atom stereocenters. The van der Waals surface area contributed by atoms with E-state index in [9.17, 15) is 9.90 Å².